The van der Waals surface area contributed by atoms with E-state index < -0.39 is 11.9 Å². The van der Waals surface area contributed by atoms with Crippen LogP contribution in [-0.4, -0.2) is 16.0 Å². The second-order valence-corrected chi connectivity index (χ2v) is 4.78. The van der Waals surface area contributed by atoms with Gasteiger partial charge in [-0.1, -0.05) is 24.3 Å². The van der Waals surface area contributed by atoms with E-state index in [0.717, 1.165) is 25.1 Å². The van der Waals surface area contributed by atoms with E-state index in [1.165, 1.54) is 11.1 Å². The van der Waals surface area contributed by atoms with Gasteiger partial charge >= 0.3 is 6.18 Å². The third-order valence-electron chi connectivity index (χ3n) is 3.33. The molecule has 0 saturated carbocycles. The first-order valence-corrected chi connectivity index (χ1v) is 6.26. The standard InChI is InChI=1S/C14H12F3N3/c15-14(16,17)12-5-6-18-13(20-12)19-11-7-9-3-1-2-4-10(9)8-11/h1-6,11H,7-8H2,(H,18,19,20). The predicted molar refractivity (Wildman–Crippen MR) is 68.3 cm³/mol. The van der Waals surface area contributed by atoms with Crippen LogP contribution in [0, 0.1) is 0 Å². The van der Waals surface area contributed by atoms with Crippen molar-refractivity contribution in [1.82, 2.24) is 9.97 Å². The largest absolute Gasteiger partial charge is 0.433 e. The van der Waals surface area contributed by atoms with Gasteiger partial charge in [0.05, 0.1) is 0 Å². The molecule has 0 bridgehead atoms. The fourth-order valence-corrected chi connectivity index (χ4v) is 2.43. The molecule has 1 N–H and O–H groups in total. The molecule has 20 heavy (non-hydrogen) atoms. The number of anilines is 1. The summed E-state index contributed by atoms with van der Waals surface area (Å²) < 4.78 is 37.7. The van der Waals surface area contributed by atoms with E-state index in [0.29, 0.717) is 0 Å². The summed E-state index contributed by atoms with van der Waals surface area (Å²) in [6.07, 6.45) is -1.77. The lowest BCUT2D eigenvalue weighted by Crippen LogP contribution is -2.22. The van der Waals surface area contributed by atoms with Gasteiger partial charge in [-0.25, -0.2) is 9.97 Å². The molecule has 6 heteroatoms. The van der Waals surface area contributed by atoms with E-state index in [1.807, 2.05) is 24.3 Å². The van der Waals surface area contributed by atoms with Crippen molar-refractivity contribution < 1.29 is 13.2 Å². The molecule has 3 nitrogen and oxygen atoms in total. The van der Waals surface area contributed by atoms with Crippen LogP contribution in [0.5, 0.6) is 0 Å². The molecule has 0 saturated heterocycles. The molecule has 0 amide bonds. The first-order valence-electron chi connectivity index (χ1n) is 6.26. The maximum absolute atomic E-state index is 12.6. The third kappa shape index (κ3) is 2.59. The summed E-state index contributed by atoms with van der Waals surface area (Å²) in [5.74, 6) is 0.0256. The minimum atomic E-state index is -4.45. The molecular formula is C14H12F3N3. The number of alkyl halides is 3. The summed E-state index contributed by atoms with van der Waals surface area (Å²) in [7, 11) is 0. The van der Waals surface area contributed by atoms with Crippen LogP contribution in [0.25, 0.3) is 0 Å². The number of nitrogens with zero attached hydrogens (tertiary/aromatic N) is 2. The van der Waals surface area contributed by atoms with Crippen LogP contribution in [-0.2, 0) is 19.0 Å². The number of aromatic nitrogens is 2. The summed E-state index contributed by atoms with van der Waals surface area (Å²) in [6.45, 7) is 0. The van der Waals surface area contributed by atoms with E-state index in [9.17, 15) is 13.2 Å². The number of hydrogen-bond donors (Lipinski definition) is 1. The van der Waals surface area contributed by atoms with E-state index in [1.54, 1.807) is 0 Å². The molecule has 2 aromatic rings. The van der Waals surface area contributed by atoms with Crippen molar-refractivity contribution in [2.75, 3.05) is 5.32 Å². The van der Waals surface area contributed by atoms with Crippen molar-refractivity contribution in [2.45, 2.75) is 25.1 Å². The third-order valence-corrected chi connectivity index (χ3v) is 3.33. The molecule has 1 aromatic carbocycles. The minimum Gasteiger partial charge on any atom is -0.351 e. The molecule has 0 atom stereocenters. The predicted octanol–water partition coefficient (Wildman–Crippen LogP) is 3.07. The minimum absolute atomic E-state index is 0.0256. The highest BCUT2D eigenvalue weighted by molar-refractivity contribution is 5.38. The Bertz CT molecular complexity index is 600. The Morgan fingerprint density at radius 2 is 1.70 bits per heavy atom. The van der Waals surface area contributed by atoms with E-state index >= 15 is 0 Å². The van der Waals surface area contributed by atoms with Gasteiger partial charge in [0, 0.05) is 12.2 Å². The monoisotopic (exact) mass is 279 g/mol. The maximum atomic E-state index is 12.6. The number of rotatable bonds is 2. The van der Waals surface area contributed by atoms with E-state index in [4.69, 9.17) is 0 Å². The summed E-state index contributed by atoms with van der Waals surface area (Å²) in [4.78, 5) is 7.38. The lowest BCUT2D eigenvalue weighted by atomic mass is 10.1. The van der Waals surface area contributed by atoms with Gasteiger partial charge in [0.1, 0.15) is 5.69 Å². The van der Waals surface area contributed by atoms with Crippen LogP contribution in [0.2, 0.25) is 0 Å². The van der Waals surface area contributed by atoms with Crippen LogP contribution in [0.1, 0.15) is 16.8 Å². The van der Waals surface area contributed by atoms with E-state index in [2.05, 4.69) is 15.3 Å². The average molecular weight is 279 g/mol. The van der Waals surface area contributed by atoms with Gasteiger partial charge in [-0.15, -0.1) is 0 Å². The highest BCUT2D eigenvalue weighted by Gasteiger charge is 2.33. The highest BCUT2D eigenvalue weighted by atomic mass is 19.4. The Hall–Kier alpha value is -2.11. The van der Waals surface area contributed by atoms with Gasteiger partial charge in [0.15, 0.2) is 0 Å². The molecule has 1 heterocycles. The molecule has 1 aliphatic carbocycles. The Balaban J connectivity index is 1.74. The van der Waals surface area contributed by atoms with Crippen molar-refractivity contribution >= 4 is 5.95 Å². The summed E-state index contributed by atoms with van der Waals surface area (Å²) in [6, 6.07) is 8.89. The second-order valence-electron chi connectivity index (χ2n) is 4.78. The maximum Gasteiger partial charge on any atom is 0.433 e. The van der Waals surface area contributed by atoms with Crippen LogP contribution >= 0.6 is 0 Å². The molecule has 0 aliphatic heterocycles. The van der Waals surface area contributed by atoms with E-state index in [-0.39, 0.29) is 12.0 Å². The zero-order valence-electron chi connectivity index (χ0n) is 10.5. The van der Waals surface area contributed by atoms with Gasteiger partial charge in [-0.05, 0) is 30.0 Å². The number of hydrogen-bond acceptors (Lipinski definition) is 3. The summed E-state index contributed by atoms with van der Waals surface area (Å²) in [5, 5.41) is 2.98. The Labute approximate surface area is 113 Å². The fraction of sp³-hybridized carbons (Fsp3) is 0.286. The first kappa shape index (κ1) is 12.9. The molecule has 0 unspecified atom stereocenters. The van der Waals surface area contributed by atoms with Gasteiger partial charge in [-0.2, -0.15) is 13.2 Å². The second kappa shape index (κ2) is 4.77. The summed E-state index contributed by atoms with van der Waals surface area (Å²) in [5.41, 5.74) is 1.51. The number of halogens is 3. The summed E-state index contributed by atoms with van der Waals surface area (Å²) >= 11 is 0. The van der Waals surface area contributed by atoms with Crippen LogP contribution in [0.3, 0.4) is 0 Å². The highest BCUT2D eigenvalue weighted by Crippen LogP contribution is 2.28. The average Bonchev–Trinajstić information content (AvgIpc) is 2.80. The first-order chi connectivity index (χ1) is 9.52. The van der Waals surface area contributed by atoms with Crippen LogP contribution in [0.4, 0.5) is 19.1 Å². The fourth-order valence-electron chi connectivity index (χ4n) is 2.43. The van der Waals surface area contributed by atoms with Crippen molar-refractivity contribution in [1.29, 1.82) is 0 Å². The van der Waals surface area contributed by atoms with Gasteiger partial charge in [0.2, 0.25) is 5.95 Å². The number of fused-ring (bicyclic) bond motifs is 1. The normalized spacial score (nSPS) is 15.2. The van der Waals surface area contributed by atoms with Gasteiger partial charge in [-0.3, -0.25) is 0 Å². The SMILES string of the molecule is FC(F)(F)c1ccnc(NC2Cc3ccccc3C2)n1. The quantitative estimate of drug-likeness (QED) is 0.918. The van der Waals surface area contributed by atoms with Gasteiger partial charge in [0.25, 0.3) is 0 Å². The lowest BCUT2D eigenvalue weighted by molar-refractivity contribution is -0.141. The smallest absolute Gasteiger partial charge is 0.351 e. The zero-order valence-corrected chi connectivity index (χ0v) is 10.5. The lowest BCUT2D eigenvalue weighted by Gasteiger charge is -2.13. The van der Waals surface area contributed by atoms with Crippen molar-refractivity contribution in [3.8, 4) is 0 Å². The molecule has 0 radical (unpaired) electrons. The van der Waals surface area contributed by atoms with Crippen molar-refractivity contribution in [3.63, 3.8) is 0 Å². The van der Waals surface area contributed by atoms with Crippen LogP contribution < -0.4 is 5.32 Å². The molecule has 3 rings (SSSR count). The number of nitrogens with one attached hydrogen (secondary N) is 1. The Kier molecular flexibility index (Phi) is 3.08. The Morgan fingerprint density at radius 3 is 2.30 bits per heavy atom. The molecular weight excluding hydrogens is 267 g/mol. The molecule has 0 spiro atoms. The topological polar surface area (TPSA) is 37.8 Å². The van der Waals surface area contributed by atoms with Crippen LogP contribution in [0.15, 0.2) is 36.5 Å². The van der Waals surface area contributed by atoms with Crippen molar-refractivity contribution in [2.24, 2.45) is 0 Å². The Morgan fingerprint density at radius 1 is 1.05 bits per heavy atom. The molecule has 1 aliphatic rings. The van der Waals surface area contributed by atoms with Gasteiger partial charge < -0.3 is 5.32 Å². The zero-order chi connectivity index (χ0) is 14.2. The molecule has 0 fully saturated rings. The van der Waals surface area contributed by atoms with Crippen molar-refractivity contribution in [3.05, 3.63) is 53.3 Å². The number of benzene rings is 1. The molecule has 104 valence electrons. The molecule has 1 aromatic heterocycles.